The summed E-state index contributed by atoms with van der Waals surface area (Å²) in [6.07, 6.45) is 0. The molecule has 17 heavy (non-hydrogen) atoms. The van der Waals surface area contributed by atoms with Crippen LogP contribution in [0.3, 0.4) is 0 Å². The van der Waals surface area contributed by atoms with Crippen LogP contribution in [0.15, 0.2) is 60.7 Å². The number of carbonyl (C=O) groups excluding carboxylic acids is 1. The molecule has 0 aromatic heterocycles. The van der Waals surface area contributed by atoms with Crippen molar-refractivity contribution < 1.29 is 9.36 Å². The van der Waals surface area contributed by atoms with E-state index >= 15 is 0 Å². The van der Waals surface area contributed by atoms with Gasteiger partial charge in [-0.2, -0.15) is 0 Å². The number of hydrogen-bond donors (Lipinski definition) is 0. The molecule has 0 saturated heterocycles. The maximum atomic E-state index is 10.8. The minimum atomic E-state index is -1.80. The average molecular weight is 245 g/mol. The molecule has 2 rings (SSSR count). The van der Waals surface area contributed by atoms with Crippen LogP contribution in [0.1, 0.15) is 5.56 Å². The zero-order valence-corrected chi connectivity index (χ0v) is 10.5. The highest BCUT2D eigenvalue weighted by atomic mass is 31.1. The predicted molar refractivity (Wildman–Crippen MR) is 71.6 cm³/mol. The van der Waals surface area contributed by atoms with Crippen molar-refractivity contribution in [3.8, 4) is 0 Å². The highest BCUT2D eigenvalue weighted by Crippen LogP contribution is 2.12. The summed E-state index contributed by atoms with van der Waals surface area (Å²) in [7, 11) is -1.80. The van der Waals surface area contributed by atoms with Crippen LogP contribution in [0.2, 0.25) is 0 Å². The second kappa shape index (κ2) is 7.48. The van der Waals surface area contributed by atoms with Crippen molar-refractivity contribution in [2.24, 2.45) is 0 Å². The molecule has 0 fully saturated rings. The van der Waals surface area contributed by atoms with Gasteiger partial charge < -0.3 is 0 Å². The normalized spacial score (nSPS) is 9.82. The first kappa shape index (κ1) is 13.3. The van der Waals surface area contributed by atoms with Crippen LogP contribution in [0.25, 0.3) is 0 Å². The first-order valence-electron chi connectivity index (χ1n) is 5.22. The Morgan fingerprint density at radius 1 is 0.882 bits per heavy atom. The van der Waals surface area contributed by atoms with E-state index in [1.807, 2.05) is 24.3 Å². The molecule has 2 aromatic carbocycles. The highest BCUT2D eigenvalue weighted by molar-refractivity contribution is 7.68. The smallest absolute Gasteiger partial charge is 0.203 e. The molecule has 2 aromatic rings. The minimum Gasteiger partial charge on any atom is -0.290 e. The Kier molecular flexibility index (Phi) is 5.84. The lowest BCUT2D eigenvalue weighted by atomic mass is 10.2. The van der Waals surface area contributed by atoms with Gasteiger partial charge >= 0.3 is 0 Å². The molecule has 1 atom stereocenters. The van der Waals surface area contributed by atoms with E-state index in [2.05, 4.69) is 19.1 Å². The molecule has 2 nitrogen and oxygen atoms in total. The zero-order chi connectivity index (χ0) is 12.5. The third-order valence-electron chi connectivity index (χ3n) is 2.05. The van der Waals surface area contributed by atoms with Gasteiger partial charge in [0, 0.05) is 5.30 Å². The quantitative estimate of drug-likeness (QED) is 0.600. The Labute approximate surface area is 102 Å². The molecule has 0 saturated carbocycles. The summed E-state index contributed by atoms with van der Waals surface area (Å²) < 4.78 is 10.8. The number of carbonyl (C=O) groups is 1. The molecule has 0 N–H and O–H groups in total. The second-order valence-corrected chi connectivity index (χ2v) is 4.80. The van der Waals surface area contributed by atoms with Crippen molar-refractivity contribution in [3.63, 3.8) is 0 Å². The van der Waals surface area contributed by atoms with Crippen molar-refractivity contribution in [2.45, 2.75) is 6.92 Å². The Hall–Kier alpha value is -1.79. The van der Waals surface area contributed by atoms with Crippen LogP contribution < -0.4 is 5.30 Å². The van der Waals surface area contributed by atoms with Gasteiger partial charge in [-0.15, -0.1) is 0 Å². The van der Waals surface area contributed by atoms with Crippen LogP contribution in [0.5, 0.6) is 0 Å². The molecule has 0 amide bonds. The maximum Gasteiger partial charge on any atom is 0.203 e. The summed E-state index contributed by atoms with van der Waals surface area (Å²) >= 11 is 0. The summed E-state index contributed by atoms with van der Waals surface area (Å²) in [6, 6.07) is 19.4. The minimum absolute atomic E-state index is 0.463. The highest BCUT2D eigenvalue weighted by Gasteiger charge is 1.98. The summed E-state index contributed by atoms with van der Waals surface area (Å²) in [5.74, 6) is 0. The molecule has 1 unspecified atom stereocenters. The lowest BCUT2D eigenvalue weighted by Gasteiger charge is -1.89. The number of aryl methyl sites for hydroxylation is 1. The first-order chi connectivity index (χ1) is 8.24. The topological polar surface area (TPSA) is 34.1 Å². The van der Waals surface area contributed by atoms with Crippen molar-refractivity contribution in [3.05, 3.63) is 66.2 Å². The molecule has 87 valence electrons. The van der Waals surface area contributed by atoms with Crippen molar-refractivity contribution >= 4 is 19.1 Å². The third kappa shape index (κ3) is 5.19. The Balaban J connectivity index is 0.000000181. The van der Waals surface area contributed by atoms with Gasteiger partial charge in [0.25, 0.3) is 0 Å². The fraction of sp³-hybridized carbons (Fsp3) is 0.0714. The fourth-order valence-corrected chi connectivity index (χ4v) is 1.76. The summed E-state index contributed by atoms with van der Waals surface area (Å²) in [4.78, 5) is 10.0. The number of rotatable bonds is 2. The molecule has 3 heteroatoms. The largest absolute Gasteiger partial charge is 0.290 e. The van der Waals surface area contributed by atoms with Gasteiger partial charge in [0.05, 0.1) is 0 Å². The van der Waals surface area contributed by atoms with E-state index in [-0.39, 0.29) is 0 Å². The van der Waals surface area contributed by atoms with Gasteiger partial charge in [0.1, 0.15) is 0 Å². The van der Waals surface area contributed by atoms with E-state index in [1.165, 1.54) is 5.56 Å². The van der Waals surface area contributed by atoms with Gasteiger partial charge in [-0.3, -0.25) is 9.36 Å². The first-order valence-corrected chi connectivity index (χ1v) is 6.55. The van der Waals surface area contributed by atoms with Gasteiger partial charge in [0.15, 0.2) is 7.80 Å². The van der Waals surface area contributed by atoms with Gasteiger partial charge in [-0.1, -0.05) is 54.1 Å². The molecular formula is C14H14O2P. The Morgan fingerprint density at radius 2 is 1.35 bits per heavy atom. The molecule has 0 aliphatic heterocycles. The monoisotopic (exact) mass is 245 g/mol. The van der Waals surface area contributed by atoms with E-state index in [0.717, 1.165) is 0 Å². The molecule has 0 bridgehead atoms. The van der Waals surface area contributed by atoms with Crippen molar-refractivity contribution in [1.29, 1.82) is 0 Å². The third-order valence-corrected chi connectivity index (χ3v) is 3.05. The average Bonchev–Trinajstić information content (AvgIpc) is 2.40. The van der Waals surface area contributed by atoms with E-state index in [4.69, 9.17) is 0 Å². The Bertz CT molecular complexity index is 466. The molecule has 1 radical (unpaired) electrons. The van der Waals surface area contributed by atoms with Gasteiger partial charge in [-0.25, -0.2) is 0 Å². The van der Waals surface area contributed by atoms with E-state index in [0.29, 0.717) is 11.3 Å². The molecule has 0 aliphatic carbocycles. The lowest BCUT2D eigenvalue weighted by Crippen LogP contribution is -1.93. The lowest BCUT2D eigenvalue weighted by molar-refractivity contribution is 0.560. The van der Waals surface area contributed by atoms with E-state index < -0.39 is 7.80 Å². The van der Waals surface area contributed by atoms with Crippen LogP contribution in [0.4, 0.5) is 0 Å². The Morgan fingerprint density at radius 3 is 1.71 bits per heavy atom. The van der Waals surface area contributed by atoms with Crippen LogP contribution in [-0.4, -0.2) is 6.03 Å². The van der Waals surface area contributed by atoms with Crippen LogP contribution in [-0.2, 0) is 9.36 Å². The van der Waals surface area contributed by atoms with Gasteiger partial charge in [-0.05, 0) is 19.1 Å². The second-order valence-electron chi connectivity index (χ2n) is 3.42. The molecule has 0 heterocycles. The van der Waals surface area contributed by atoms with Gasteiger partial charge in [0.2, 0.25) is 6.03 Å². The fourth-order valence-electron chi connectivity index (χ4n) is 1.17. The summed E-state index contributed by atoms with van der Waals surface area (Å²) in [5.41, 5.74) is 1.32. The predicted octanol–water partition coefficient (Wildman–Crippen LogP) is 3.32. The SMILES string of the molecule is Cc1ccccc1.O=C[P](=O)c1ccccc1. The van der Waals surface area contributed by atoms with Crippen LogP contribution in [0, 0.1) is 6.92 Å². The zero-order valence-electron chi connectivity index (χ0n) is 9.61. The molecule has 0 spiro atoms. The summed E-state index contributed by atoms with van der Waals surface area (Å²) in [5, 5.41) is 0.590. The standard InChI is InChI=1S/C7H6O2P.C7H8/c8-6-10(9)7-4-2-1-3-5-7;1-7-5-3-2-4-6-7/h1-6H;2-6H,1H3. The van der Waals surface area contributed by atoms with Crippen LogP contribution >= 0.6 is 7.80 Å². The van der Waals surface area contributed by atoms with E-state index in [9.17, 15) is 9.36 Å². The van der Waals surface area contributed by atoms with E-state index in [1.54, 1.807) is 24.3 Å². The molecule has 0 aliphatic rings. The number of benzene rings is 2. The maximum absolute atomic E-state index is 10.8. The molecular weight excluding hydrogens is 231 g/mol. The van der Waals surface area contributed by atoms with Crippen molar-refractivity contribution in [2.75, 3.05) is 0 Å². The summed E-state index contributed by atoms with van der Waals surface area (Å²) in [6.45, 7) is 2.08. The van der Waals surface area contributed by atoms with Crippen molar-refractivity contribution in [1.82, 2.24) is 0 Å². The number of hydrogen-bond acceptors (Lipinski definition) is 2.